The van der Waals surface area contributed by atoms with Gasteiger partial charge in [-0.3, -0.25) is 4.18 Å². The summed E-state index contributed by atoms with van der Waals surface area (Å²) in [5, 5.41) is 0. The van der Waals surface area contributed by atoms with Gasteiger partial charge in [-0.1, -0.05) is 82.4 Å². The highest BCUT2D eigenvalue weighted by Gasteiger charge is 2.27. The first-order valence-electron chi connectivity index (χ1n) is 9.79. The Labute approximate surface area is 161 Å². The van der Waals surface area contributed by atoms with Crippen LogP contribution in [0.25, 0.3) is 0 Å². The molecule has 0 fully saturated rings. The second-order valence-electron chi connectivity index (χ2n) is 7.69. The first-order chi connectivity index (χ1) is 11.8. The van der Waals surface area contributed by atoms with E-state index in [9.17, 15) is 8.42 Å². The van der Waals surface area contributed by atoms with E-state index in [1.165, 1.54) is 44.9 Å². The van der Waals surface area contributed by atoms with Gasteiger partial charge in [0.05, 0.1) is 10.5 Å². The second-order valence-corrected chi connectivity index (χ2v) is 9.23. The summed E-state index contributed by atoms with van der Waals surface area (Å²) in [6.45, 7) is 7.90. The molecule has 0 atom stereocenters. The smallest absolute Gasteiger partial charge is 0.297 e. The lowest BCUT2D eigenvalue weighted by Crippen LogP contribution is -2.28. The minimum Gasteiger partial charge on any atom is -0.344 e. The molecule has 0 saturated carbocycles. The Morgan fingerprint density at radius 1 is 0.846 bits per heavy atom. The van der Waals surface area contributed by atoms with E-state index < -0.39 is 15.7 Å². The van der Waals surface area contributed by atoms with Crippen LogP contribution in [0.3, 0.4) is 0 Å². The molecule has 0 radical (unpaired) electrons. The van der Waals surface area contributed by atoms with E-state index in [2.05, 4.69) is 6.92 Å². The van der Waals surface area contributed by atoms with Gasteiger partial charge in [-0.25, -0.2) is 0 Å². The van der Waals surface area contributed by atoms with Gasteiger partial charge in [-0.05, 0) is 39.3 Å². The van der Waals surface area contributed by atoms with Crippen LogP contribution in [0, 0.1) is 6.92 Å². The molecule has 4 nitrogen and oxygen atoms in total. The maximum Gasteiger partial charge on any atom is 0.297 e. The third-order valence-corrected chi connectivity index (χ3v) is 6.05. The number of hydrogen-bond donors (Lipinski definition) is 1. The number of aryl methyl sites for hydroxylation is 1. The van der Waals surface area contributed by atoms with Crippen molar-refractivity contribution >= 4 is 10.1 Å². The molecule has 0 aliphatic heterocycles. The van der Waals surface area contributed by atoms with Crippen LogP contribution in [0.5, 0.6) is 0 Å². The molecule has 3 N–H and O–H groups in total. The molecular formula is C21H39NO3S. The zero-order valence-corrected chi connectivity index (χ0v) is 18.0. The molecule has 5 heteroatoms. The zero-order valence-electron chi connectivity index (χ0n) is 17.2. The molecule has 0 saturated heterocycles. The van der Waals surface area contributed by atoms with Gasteiger partial charge in [0.2, 0.25) is 0 Å². The molecule has 0 spiro atoms. The van der Waals surface area contributed by atoms with E-state index >= 15 is 0 Å². The summed E-state index contributed by atoms with van der Waals surface area (Å²) < 4.78 is 30.3. The molecule has 0 aliphatic rings. The highest BCUT2D eigenvalue weighted by molar-refractivity contribution is 7.86. The lowest BCUT2D eigenvalue weighted by molar-refractivity contribution is 0.104. The number of hydrogen-bond acceptors (Lipinski definition) is 4. The van der Waals surface area contributed by atoms with Crippen molar-refractivity contribution < 1.29 is 12.6 Å². The fourth-order valence-electron chi connectivity index (χ4n) is 2.95. The van der Waals surface area contributed by atoms with Crippen LogP contribution >= 0.6 is 0 Å². The first kappa shape index (κ1) is 25.1. The van der Waals surface area contributed by atoms with Gasteiger partial charge in [-0.2, -0.15) is 8.42 Å². The summed E-state index contributed by atoms with van der Waals surface area (Å²) in [6.07, 6.45) is 12.1. The standard InChI is InChI=1S/C21H36O3S.H3N/c1-5-6-7-8-9-10-11-12-13-18-21(3,4)24-25(22,23)20-16-14-19(2)15-17-20;/h14-17H,5-13,18H2,1-4H3;1H3. The van der Waals surface area contributed by atoms with Crippen LogP contribution in [0.4, 0.5) is 0 Å². The molecule has 1 aromatic rings. The van der Waals surface area contributed by atoms with Crippen molar-refractivity contribution in [3.63, 3.8) is 0 Å². The second kappa shape index (κ2) is 12.5. The van der Waals surface area contributed by atoms with Gasteiger partial charge < -0.3 is 6.15 Å². The Bertz CT molecular complexity index is 580. The van der Waals surface area contributed by atoms with Gasteiger partial charge in [0, 0.05) is 0 Å². The predicted molar refractivity (Wildman–Crippen MR) is 110 cm³/mol. The topological polar surface area (TPSA) is 78.4 Å². The van der Waals surface area contributed by atoms with Crippen molar-refractivity contribution in [3.8, 4) is 0 Å². The zero-order chi connectivity index (χ0) is 18.8. The maximum absolute atomic E-state index is 12.4. The average molecular weight is 386 g/mol. The van der Waals surface area contributed by atoms with Crippen LogP contribution in [-0.2, 0) is 14.3 Å². The van der Waals surface area contributed by atoms with Crippen LogP contribution in [0.1, 0.15) is 90.5 Å². The van der Waals surface area contributed by atoms with Crippen LogP contribution in [0.15, 0.2) is 29.2 Å². The summed E-state index contributed by atoms with van der Waals surface area (Å²) in [4.78, 5) is 0.234. The highest BCUT2D eigenvalue weighted by Crippen LogP contribution is 2.25. The molecule has 26 heavy (non-hydrogen) atoms. The predicted octanol–water partition coefficient (Wildman–Crippen LogP) is 6.56. The molecule has 0 heterocycles. The van der Waals surface area contributed by atoms with Crippen LogP contribution < -0.4 is 6.15 Å². The van der Waals surface area contributed by atoms with E-state index in [-0.39, 0.29) is 11.0 Å². The molecule has 0 aliphatic carbocycles. The van der Waals surface area contributed by atoms with Gasteiger partial charge in [0.15, 0.2) is 0 Å². The monoisotopic (exact) mass is 385 g/mol. The van der Waals surface area contributed by atoms with Gasteiger partial charge in [0.1, 0.15) is 0 Å². The minimum absolute atomic E-state index is 0. The number of benzene rings is 1. The summed E-state index contributed by atoms with van der Waals surface area (Å²) in [5.74, 6) is 0. The molecular weight excluding hydrogens is 346 g/mol. The Morgan fingerprint density at radius 3 is 1.81 bits per heavy atom. The average Bonchev–Trinajstić information content (AvgIpc) is 2.52. The quantitative estimate of drug-likeness (QED) is 0.308. The SMILES string of the molecule is CCCCCCCCCCCC(C)(C)OS(=O)(=O)c1ccc(C)cc1.N. The van der Waals surface area contributed by atoms with E-state index in [1.807, 2.05) is 20.8 Å². The largest absolute Gasteiger partial charge is 0.344 e. The molecule has 0 unspecified atom stereocenters. The lowest BCUT2D eigenvalue weighted by Gasteiger charge is -2.24. The van der Waals surface area contributed by atoms with Crippen LogP contribution in [-0.4, -0.2) is 14.0 Å². The van der Waals surface area contributed by atoms with E-state index in [0.717, 1.165) is 24.8 Å². The van der Waals surface area contributed by atoms with E-state index in [0.29, 0.717) is 0 Å². The third kappa shape index (κ3) is 10.3. The molecule has 0 amide bonds. The summed E-state index contributed by atoms with van der Waals surface area (Å²) in [6, 6.07) is 6.81. The normalized spacial score (nSPS) is 12.0. The van der Waals surface area contributed by atoms with Crippen LogP contribution in [0.2, 0.25) is 0 Å². The van der Waals surface area contributed by atoms with E-state index in [4.69, 9.17) is 4.18 Å². The van der Waals surface area contributed by atoms with Gasteiger partial charge in [0.25, 0.3) is 10.1 Å². The Morgan fingerprint density at radius 2 is 1.31 bits per heavy atom. The Balaban J connectivity index is 0.00000625. The van der Waals surface area contributed by atoms with Crippen molar-refractivity contribution in [1.29, 1.82) is 0 Å². The third-order valence-electron chi connectivity index (χ3n) is 4.53. The van der Waals surface area contributed by atoms with Crippen molar-refractivity contribution in [1.82, 2.24) is 6.15 Å². The van der Waals surface area contributed by atoms with Gasteiger partial charge in [-0.15, -0.1) is 0 Å². The fraction of sp³-hybridized carbons (Fsp3) is 0.714. The fourth-order valence-corrected chi connectivity index (χ4v) is 4.20. The number of unbranched alkanes of at least 4 members (excludes halogenated alkanes) is 8. The van der Waals surface area contributed by atoms with Crippen molar-refractivity contribution in [2.75, 3.05) is 0 Å². The summed E-state index contributed by atoms with van der Waals surface area (Å²) >= 11 is 0. The highest BCUT2D eigenvalue weighted by atomic mass is 32.2. The molecule has 1 aromatic carbocycles. The van der Waals surface area contributed by atoms with Crippen molar-refractivity contribution in [3.05, 3.63) is 29.8 Å². The summed E-state index contributed by atoms with van der Waals surface area (Å²) in [5.41, 5.74) is 0.373. The van der Waals surface area contributed by atoms with E-state index in [1.54, 1.807) is 24.3 Å². The summed E-state index contributed by atoms with van der Waals surface area (Å²) in [7, 11) is -3.69. The molecule has 0 bridgehead atoms. The number of rotatable bonds is 13. The Kier molecular flexibility index (Phi) is 12.0. The molecule has 0 aromatic heterocycles. The van der Waals surface area contributed by atoms with Gasteiger partial charge >= 0.3 is 0 Å². The molecule has 1 rings (SSSR count). The van der Waals surface area contributed by atoms with Crippen molar-refractivity contribution in [2.45, 2.75) is 102 Å². The Hall–Kier alpha value is -0.910. The molecule has 152 valence electrons. The maximum atomic E-state index is 12.4. The lowest BCUT2D eigenvalue weighted by atomic mass is 9.99. The minimum atomic E-state index is -3.69. The first-order valence-corrected chi connectivity index (χ1v) is 11.2. The van der Waals surface area contributed by atoms with Crippen molar-refractivity contribution in [2.24, 2.45) is 0 Å².